The summed E-state index contributed by atoms with van der Waals surface area (Å²) in [5, 5.41) is 13.1. The fourth-order valence-electron chi connectivity index (χ4n) is 1.81. The highest BCUT2D eigenvalue weighted by molar-refractivity contribution is 4.70. The topological polar surface area (TPSA) is 32.3 Å². The monoisotopic (exact) mass is 215 g/mol. The van der Waals surface area contributed by atoms with E-state index in [-0.39, 0.29) is 11.5 Å². The Morgan fingerprint density at radius 2 is 1.60 bits per heavy atom. The van der Waals surface area contributed by atoms with Crippen molar-refractivity contribution in [2.45, 2.75) is 60.0 Å². The molecule has 0 aliphatic heterocycles. The molecule has 2 nitrogen and oxygen atoms in total. The van der Waals surface area contributed by atoms with Crippen LogP contribution in [0.1, 0.15) is 53.9 Å². The number of rotatable bonds is 7. The summed E-state index contributed by atoms with van der Waals surface area (Å²) in [4.78, 5) is 0. The summed E-state index contributed by atoms with van der Waals surface area (Å²) in [7, 11) is 0. The lowest BCUT2D eigenvalue weighted by Crippen LogP contribution is -2.33. The minimum absolute atomic E-state index is 0.209. The highest BCUT2D eigenvalue weighted by Gasteiger charge is 2.16. The lowest BCUT2D eigenvalue weighted by atomic mass is 9.89. The van der Waals surface area contributed by atoms with Gasteiger partial charge in [-0.2, -0.15) is 0 Å². The van der Waals surface area contributed by atoms with E-state index in [1.54, 1.807) is 0 Å². The number of nitrogens with one attached hydrogen (secondary N) is 1. The Kier molecular flexibility index (Phi) is 7.20. The number of aliphatic hydroxyl groups is 1. The van der Waals surface area contributed by atoms with Gasteiger partial charge in [0.15, 0.2) is 0 Å². The molecule has 0 radical (unpaired) electrons. The van der Waals surface area contributed by atoms with E-state index in [1.165, 1.54) is 12.8 Å². The summed E-state index contributed by atoms with van der Waals surface area (Å²) in [6, 6.07) is 0. The molecular formula is C13H29NO. The summed E-state index contributed by atoms with van der Waals surface area (Å²) in [5.41, 5.74) is 0.218. The zero-order valence-electron chi connectivity index (χ0n) is 11.1. The van der Waals surface area contributed by atoms with E-state index in [4.69, 9.17) is 0 Å². The van der Waals surface area contributed by atoms with Crippen LogP contribution in [0.25, 0.3) is 0 Å². The number of aliphatic hydroxyl groups excluding tert-OH is 1. The SMILES string of the molecule is CCC(CC)CNCC(O)CC(C)(C)C. The zero-order valence-corrected chi connectivity index (χ0v) is 11.1. The van der Waals surface area contributed by atoms with Crippen molar-refractivity contribution in [2.24, 2.45) is 11.3 Å². The normalized spacial score (nSPS) is 14.6. The highest BCUT2D eigenvalue weighted by atomic mass is 16.3. The molecule has 0 saturated carbocycles. The van der Waals surface area contributed by atoms with Gasteiger partial charge in [-0.25, -0.2) is 0 Å². The van der Waals surface area contributed by atoms with Gasteiger partial charge in [0.05, 0.1) is 6.10 Å². The summed E-state index contributed by atoms with van der Waals surface area (Å²) in [5.74, 6) is 0.756. The second kappa shape index (κ2) is 7.24. The third kappa shape index (κ3) is 8.88. The first-order valence-corrected chi connectivity index (χ1v) is 6.27. The first-order chi connectivity index (χ1) is 6.89. The molecule has 0 saturated heterocycles. The molecular weight excluding hydrogens is 186 g/mol. The molecule has 0 aromatic carbocycles. The molecule has 0 rings (SSSR count). The van der Waals surface area contributed by atoms with Crippen LogP contribution in [0, 0.1) is 11.3 Å². The molecule has 1 atom stereocenters. The van der Waals surface area contributed by atoms with Crippen molar-refractivity contribution >= 4 is 0 Å². The van der Waals surface area contributed by atoms with Gasteiger partial charge in [0.1, 0.15) is 0 Å². The Labute approximate surface area is 95.5 Å². The predicted molar refractivity (Wildman–Crippen MR) is 67.0 cm³/mol. The fraction of sp³-hybridized carbons (Fsp3) is 1.00. The van der Waals surface area contributed by atoms with E-state index in [0.717, 1.165) is 25.4 Å². The summed E-state index contributed by atoms with van der Waals surface area (Å²) in [6.45, 7) is 12.7. The van der Waals surface area contributed by atoms with Gasteiger partial charge >= 0.3 is 0 Å². The van der Waals surface area contributed by atoms with Gasteiger partial charge in [-0.3, -0.25) is 0 Å². The molecule has 0 fully saturated rings. The first-order valence-electron chi connectivity index (χ1n) is 6.27. The Bertz CT molecular complexity index is 147. The number of hydrogen-bond acceptors (Lipinski definition) is 2. The molecule has 0 spiro atoms. The molecule has 2 heteroatoms. The average molecular weight is 215 g/mol. The van der Waals surface area contributed by atoms with Gasteiger partial charge in [-0.05, 0) is 24.3 Å². The molecule has 0 aliphatic carbocycles. The van der Waals surface area contributed by atoms with E-state index in [9.17, 15) is 5.11 Å². The lowest BCUT2D eigenvalue weighted by molar-refractivity contribution is 0.118. The van der Waals surface area contributed by atoms with Gasteiger partial charge in [0.2, 0.25) is 0 Å². The largest absolute Gasteiger partial charge is 0.392 e. The van der Waals surface area contributed by atoms with Crippen molar-refractivity contribution in [3.63, 3.8) is 0 Å². The summed E-state index contributed by atoms with van der Waals surface area (Å²) < 4.78 is 0. The van der Waals surface area contributed by atoms with E-state index in [0.29, 0.717) is 0 Å². The van der Waals surface area contributed by atoms with Crippen LogP contribution >= 0.6 is 0 Å². The molecule has 15 heavy (non-hydrogen) atoms. The Hall–Kier alpha value is -0.0800. The smallest absolute Gasteiger partial charge is 0.0669 e. The molecule has 0 aliphatic rings. The van der Waals surface area contributed by atoms with Crippen molar-refractivity contribution in [1.29, 1.82) is 0 Å². The standard InChI is InChI=1S/C13H29NO/c1-6-11(7-2)9-14-10-12(15)8-13(3,4)5/h11-12,14-15H,6-10H2,1-5H3. The van der Waals surface area contributed by atoms with Crippen molar-refractivity contribution in [3.8, 4) is 0 Å². The molecule has 2 N–H and O–H groups in total. The predicted octanol–water partition coefficient (Wildman–Crippen LogP) is 2.81. The van der Waals surface area contributed by atoms with E-state index in [1.807, 2.05) is 0 Å². The van der Waals surface area contributed by atoms with Crippen LogP contribution in [-0.4, -0.2) is 24.3 Å². The molecule has 1 unspecified atom stereocenters. The molecule has 0 aromatic rings. The van der Waals surface area contributed by atoms with Crippen LogP contribution < -0.4 is 5.32 Å². The van der Waals surface area contributed by atoms with Gasteiger partial charge in [-0.1, -0.05) is 47.5 Å². The minimum Gasteiger partial charge on any atom is -0.392 e. The Morgan fingerprint density at radius 3 is 2.00 bits per heavy atom. The minimum atomic E-state index is -0.209. The van der Waals surface area contributed by atoms with Crippen molar-refractivity contribution in [1.82, 2.24) is 5.32 Å². The molecule has 92 valence electrons. The summed E-state index contributed by atoms with van der Waals surface area (Å²) >= 11 is 0. The van der Waals surface area contributed by atoms with Crippen molar-refractivity contribution in [3.05, 3.63) is 0 Å². The fourth-order valence-corrected chi connectivity index (χ4v) is 1.81. The number of hydrogen-bond donors (Lipinski definition) is 2. The second-order valence-corrected chi connectivity index (χ2v) is 5.76. The van der Waals surface area contributed by atoms with Gasteiger partial charge in [-0.15, -0.1) is 0 Å². The van der Waals surface area contributed by atoms with Crippen molar-refractivity contribution in [2.75, 3.05) is 13.1 Å². The van der Waals surface area contributed by atoms with Gasteiger partial charge < -0.3 is 10.4 Å². The zero-order chi connectivity index (χ0) is 11.9. The average Bonchev–Trinajstić information content (AvgIpc) is 2.09. The van der Waals surface area contributed by atoms with E-state index < -0.39 is 0 Å². The van der Waals surface area contributed by atoms with Crippen LogP contribution in [0.5, 0.6) is 0 Å². The van der Waals surface area contributed by atoms with Crippen LogP contribution in [0.4, 0.5) is 0 Å². The quantitative estimate of drug-likeness (QED) is 0.684. The third-order valence-corrected chi connectivity index (χ3v) is 2.82. The van der Waals surface area contributed by atoms with Crippen LogP contribution in [0.3, 0.4) is 0 Å². The Morgan fingerprint density at radius 1 is 1.07 bits per heavy atom. The second-order valence-electron chi connectivity index (χ2n) is 5.76. The molecule has 0 bridgehead atoms. The van der Waals surface area contributed by atoms with Crippen LogP contribution in [0.15, 0.2) is 0 Å². The molecule has 0 heterocycles. The van der Waals surface area contributed by atoms with Crippen LogP contribution in [0.2, 0.25) is 0 Å². The first kappa shape index (κ1) is 14.9. The lowest BCUT2D eigenvalue weighted by Gasteiger charge is -2.23. The third-order valence-electron chi connectivity index (χ3n) is 2.82. The Balaban J connectivity index is 3.58. The summed E-state index contributed by atoms with van der Waals surface area (Å²) in [6.07, 6.45) is 3.10. The highest BCUT2D eigenvalue weighted by Crippen LogP contribution is 2.20. The van der Waals surface area contributed by atoms with E-state index >= 15 is 0 Å². The van der Waals surface area contributed by atoms with Crippen molar-refractivity contribution < 1.29 is 5.11 Å². The maximum atomic E-state index is 9.78. The maximum absolute atomic E-state index is 9.78. The van der Waals surface area contributed by atoms with Gasteiger partial charge in [0.25, 0.3) is 0 Å². The molecule has 0 amide bonds. The molecule has 0 aromatic heterocycles. The van der Waals surface area contributed by atoms with Crippen LogP contribution in [-0.2, 0) is 0 Å². The van der Waals surface area contributed by atoms with E-state index in [2.05, 4.69) is 39.9 Å². The van der Waals surface area contributed by atoms with Gasteiger partial charge in [0, 0.05) is 6.54 Å². The maximum Gasteiger partial charge on any atom is 0.0669 e.